The fourth-order valence-electron chi connectivity index (χ4n) is 1.66. The van der Waals surface area contributed by atoms with Crippen molar-refractivity contribution >= 4 is 15.9 Å². The molecule has 17 heavy (non-hydrogen) atoms. The summed E-state index contributed by atoms with van der Waals surface area (Å²) in [6.07, 6.45) is 0.699. The van der Waals surface area contributed by atoms with E-state index in [4.69, 9.17) is 10.6 Å². The van der Waals surface area contributed by atoms with Crippen molar-refractivity contribution in [3.05, 3.63) is 34.1 Å². The minimum atomic E-state index is -0.260. The Morgan fingerprint density at radius 2 is 2.24 bits per heavy atom. The summed E-state index contributed by atoms with van der Waals surface area (Å²) in [5.41, 5.74) is 3.74. The third-order valence-electron chi connectivity index (χ3n) is 2.65. The Morgan fingerprint density at radius 1 is 1.53 bits per heavy atom. The second-order valence-corrected chi connectivity index (χ2v) is 4.74. The molecule has 1 rings (SSSR count). The molecule has 0 bridgehead atoms. The Bertz CT molecular complexity index is 362. The van der Waals surface area contributed by atoms with Gasteiger partial charge < -0.3 is 4.74 Å². The normalized spacial score (nSPS) is 14.6. The molecular weight excluding hydrogens is 287 g/mol. The van der Waals surface area contributed by atoms with Gasteiger partial charge in [0.25, 0.3) is 0 Å². The molecule has 1 aromatic rings. The Kier molecular flexibility index (Phi) is 6.05. The van der Waals surface area contributed by atoms with Gasteiger partial charge in [-0.1, -0.05) is 6.07 Å². The fraction of sp³-hybridized carbons (Fsp3) is 0.500. The number of hydrazine groups is 1. The van der Waals surface area contributed by atoms with Crippen molar-refractivity contribution in [3.63, 3.8) is 0 Å². The smallest absolute Gasteiger partial charge is 0.137 e. The summed E-state index contributed by atoms with van der Waals surface area (Å²) in [6, 6.07) is 4.96. The molecule has 0 saturated heterocycles. The minimum absolute atomic E-state index is 0.00677. The molecule has 96 valence electrons. The number of halogens is 2. The Labute approximate surface area is 110 Å². The van der Waals surface area contributed by atoms with Crippen LogP contribution >= 0.6 is 15.9 Å². The third-order valence-corrected chi connectivity index (χ3v) is 3.26. The van der Waals surface area contributed by atoms with E-state index in [1.165, 1.54) is 6.07 Å². The first-order valence-corrected chi connectivity index (χ1v) is 6.39. The van der Waals surface area contributed by atoms with E-state index in [1.54, 1.807) is 12.1 Å². The summed E-state index contributed by atoms with van der Waals surface area (Å²) in [5, 5.41) is 0. The van der Waals surface area contributed by atoms with E-state index in [2.05, 4.69) is 21.4 Å². The van der Waals surface area contributed by atoms with E-state index in [0.29, 0.717) is 17.5 Å². The van der Waals surface area contributed by atoms with Crippen LogP contribution in [0.3, 0.4) is 0 Å². The van der Waals surface area contributed by atoms with Crippen LogP contribution in [0.5, 0.6) is 0 Å². The number of rotatable bonds is 6. The number of ether oxygens (including phenoxy) is 1. The van der Waals surface area contributed by atoms with E-state index in [-0.39, 0.29) is 18.0 Å². The lowest BCUT2D eigenvalue weighted by Crippen LogP contribution is -2.45. The van der Waals surface area contributed by atoms with Gasteiger partial charge in [-0.05, 0) is 53.9 Å². The summed E-state index contributed by atoms with van der Waals surface area (Å²) >= 11 is 3.17. The first kappa shape index (κ1) is 14.6. The van der Waals surface area contributed by atoms with Gasteiger partial charge in [0.15, 0.2) is 0 Å². The van der Waals surface area contributed by atoms with Crippen molar-refractivity contribution in [1.29, 1.82) is 0 Å². The average molecular weight is 305 g/mol. The molecule has 0 spiro atoms. The standard InChI is InChI=1S/C12H18BrFN2O/c1-3-17-8(2)12(16-15)7-9-4-5-11(14)10(13)6-9/h4-6,8,12,16H,3,7,15H2,1-2H3. The summed E-state index contributed by atoms with van der Waals surface area (Å²) in [6.45, 7) is 4.55. The molecule has 0 aliphatic rings. The molecule has 0 radical (unpaired) electrons. The number of hydrogen-bond donors (Lipinski definition) is 2. The molecule has 0 fully saturated rings. The number of hydrogen-bond acceptors (Lipinski definition) is 3. The monoisotopic (exact) mass is 304 g/mol. The molecule has 0 aliphatic carbocycles. The van der Waals surface area contributed by atoms with Crippen LogP contribution in [0.1, 0.15) is 19.4 Å². The van der Waals surface area contributed by atoms with Crippen molar-refractivity contribution in [3.8, 4) is 0 Å². The maximum Gasteiger partial charge on any atom is 0.137 e. The zero-order valence-electron chi connectivity index (χ0n) is 10.0. The molecule has 3 nitrogen and oxygen atoms in total. The van der Waals surface area contributed by atoms with Crippen molar-refractivity contribution < 1.29 is 9.13 Å². The Balaban J connectivity index is 2.70. The van der Waals surface area contributed by atoms with Crippen LogP contribution in [0.2, 0.25) is 0 Å². The van der Waals surface area contributed by atoms with Gasteiger partial charge in [-0.15, -0.1) is 0 Å². The molecule has 0 heterocycles. The average Bonchev–Trinajstić information content (AvgIpc) is 2.30. The zero-order valence-corrected chi connectivity index (χ0v) is 11.6. The maximum atomic E-state index is 13.1. The van der Waals surface area contributed by atoms with E-state index >= 15 is 0 Å². The van der Waals surface area contributed by atoms with Gasteiger partial charge in [0.05, 0.1) is 16.6 Å². The molecule has 3 N–H and O–H groups in total. The van der Waals surface area contributed by atoms with Crippen LogP contribution in [-0.4, -0.2) is 18.8 Å². The van der Waals surface area contributed by atoms with Gasteiger partial charge in [0, 0.05) is 6.61 Å². The Morgan fingerprint density at radius 3 is 2.76 bits per heavy atom. The molecule has 5 heteroatoms. The topological polar surface area (TPSA) is 47.3 Å². The molecule has 2 unspecified atom stereocenters. The van der Waals surface area contributed by atoms with Crippen LogP contribution in [-0.2, 0) is 11.2 Å². The summed E-state index contributed by atoms with van der Waals surface area (Å²) < 4.78 is 19.0. The van der Waals surface area contributed by atoms with Gasteiger partial charge in [-0.2, -0.15) is 0 Å². The summed E-state index contributed by atoms with van der Waals surface area (Å²) in [4.78, 5) is 0. The van der Waals surface area contributed by atoms with Gasteiger partial charge in [-0.25, -0.2) is 4.39 Å². The van der Waals surface area contributed by atoms with Crippen molar-refractivity contribution in [1.82, 2.24) is 5.43 Å². The van der Waals surface area contributed by atoms with E-state index in [9.17, 15) is 4.39 Å². The molecule has 0 aromatic heterocycles. The highest BCUT2D eigenvalue weighted by Gasteiger charge is 2.16. The number of nitrogens with one attached hydrogen (secondary N) is 1. The van der Waals surface area contributed by atoms with Crippen LogP contribution in [0.15, 0.2) is 22.7 Å². The van der Waals surface area contributed by atoms with Crippen LogP contribution < -0.4 is 11.3 Å². The number of benzene rings is 1. The molecule has 1 aromatic carbocycles. The highest BCUT2D eigenvalue weighted by atomic mass is 79.9. The van der Waals surface area contributed by atoms with Gasteiger partial charge in [0.2, 0.25) is 0 Å². The second kappa shape index (κ2) is 7.06. The van der Waals surface area contributed by atoms with E-state index in [1.807, 2.05) is 13.8 Å². The summed E-state index contributed by atoms with van der Waals surface area (Å²) in [7, 11) is 0. The zero-order chi connectivity index (χ0) is 12.8. The van der Waals surface area contributed by atoms with Crippen LogP contribution in [0.4, 0.5) is 4.39 Å². The largest absolute Gasteiger partial charge is 0.377 e. The van der Waals surface area contributed by atoms with Crippen LogP contribution in [0, 0.1) is 5.82 Å². The predicted molar refractivity (Wildman–Crippen MR) is 70.0 cm³/mol. The van der Waals surface area contributed by atoms with Crippen molar-refractivity contribution in [2.45, 2.75) is 32.4 Å². The lowest BCUT2D eigenvalue weighted by Gasteiger charge is -2.23. The fourth-order valence-corrected chi connectivity index (χ4v) is 2.09. The lowest BCUT2D eigenvalue weighted by molar-refractivity contribution is 0.0476. The minimum Gasteiger partial charge on any atom is -0.377 e. The van der Waals surface area contributed by atoms with Gasteiger partial charge in [0.1, 0.15) is 5.82 Å². The molecule has 0 aliphatic heterocycles. The Hall–Kier alpha value is -0.490. The lowest BCUT2D eigenvalue weighted by atomic mass is 10.0. The van der Waals surface area contributed by atoms with E-state index < -0.39 is 0 Å². The maximum absolute atomic E-state index is 13.1. The first-order chi connectivity index (χ1) is 8.08. The summed E-state index contributed by atoms with van der Waals surface area (Å²) in [5.74, 6) is 5.24. The van der Waals surface area contributed by atoms with Gasteiger partial charge in [-0.3, -0.25) is 11.3 Å². The highest BCUT2D eigenvalue weighted by molar-refractivity contribution is 9.10. The molecule has 2 atom stereocenters. The SMILES string of the molecule is CCOC(C)C(Cc1ccc(F)c(Br)c1)NN. The molecule has 0 amide bonds. The molecule has 0 saturated carbocycles. The van der Waals surface area contributed by atoms with E-state index in [0.717, 1.165) is 5.56 Å². The highest BCUT2D eigenvalue weighted by Crippen LogP contribution is 2.18. The molecular formula is C12H18BrFN2O. The van der Waals surface area contributed by atoms with Crippen LogP contribution in [0.25, 0.3) is 0 Å². The van der Waals surface area contributed by atoms with Gasteiger partial charge >= 0.3 is 0 Å². The van der Waals surface area contributed by atoms with Crippen molar-refractivity contribution in [2.75, 3.05) is 6.61 Å². The quantitative estimate of drug-likeness (QED) is 0.627. The first-order valence-electron chi connectivity index (χ1n) is 5.60. The predicted octanol–water partition coefficient (Wildman–Crippen LogP) is 2.39. The van der Waals surface area contributed by atoms with Crippen molar-refractivity contribution in [2.24, 2.45) is 5.84 Å². The second-order valence-electron chi connectivity index (χ2n) is 3.89. The third kappa shape index (κ3) is 4.35. The number of nitrogens with two attached hydrogens (primary N) is 1.